The van der Waals surface area contributed by atoms with Crippen molar-refractivity contribution >= 4 is 17.2 Å². The molecule has 2 rings (SSSR count). The molecular weight excluding hydrogens is 298 g/mol. The lowest BCUT2D eigenvalue weighted by atomic mass is 10.2. The Bertz CT molecular complexity index is 596. The number of methoxy groups -OCH3 is 1. The van der Waals surface area contributed by atoms with Gasteiger partial charge in [0.15, 0.2) is 0 Å². The van der Waals surface area contributed by atoms with E-state index in [9.17, 15) is 4.79 Å². The largest absolute Gasteiger partial charge is 0.497 e. The highest BCUT2D eigenvalue weighted by Crippen LogP contribution is 2.25. The summed E-state index contributed by atoms with van der Waals surface area (Å²) in [4.78, 5) is 16.4. The van der Waals surface area contributed by atoms with E-state index in [1.165, 1.54) is 11.3 Å². The maximum absolute atomic E-state index is 12.0. The van der Waals surface area contributed by atoms with Crippen LogP contribution >= 0.6 is 11.3 Å². The number of thiazole rings is 1. The molecule has 1 aromatic carbocycles. The molecule has 0 saturated heterocycles. The van der Waals surface area contributed by atoms with Gasteiger partial charge >= 0.3 is 0 Å². The summed E-state index contributed by atoms with van der Waals surface area (Å²) in [5.41, 5.74) is 1.45. The number of nitrogens with one attached hydrogen (secondary N) is 2. The first-order chi connectivity index (χ1) is 10.7. The molecular formula is C16H21N3O2S. The topological polar surface area (TPSA) is 63.2 Å². The number of rotatable bonds is 8. The van der Waals surface area contributed by atoms with Crippen LogP contribution in [0.25, 0.3) is 10.6 Å². The minimum absolute atomic E-state index is 0.130. The van der Waals surface area contributed by atoms with Crippen LogP contribution in [0, 0.1) is 0 Å². The van der Waals surface area contributed by atoms with E-state index < -0.39 is 0 Å². The van der Waals surface area contributed by atoms with E-state index in [2.05, 4.69) is 22.5 Å². The third-order valence-corrected chi connectivity index (χ3v) is 3.98. The lowest BCUT2D eigenvalue weighted by molar-refractivity contribution is 0.0949. The van der Waals surface area contributed by atoms with Gasteiger partial charge in [0, 0.05) is 24.0 Å². The van der Waals surface area contributed by atoms with Crippen molar-refractivity contribution in [1.82, 2.24) is 15.6 Å². The summed E-state index contributed by atoms with van der Waals surface area (Å²) < 4.78 is 5.13. The van der Waals surface area contributed by atoms with Gasteiger partial charge in [0.1, 0.15) is 16.5 Å². The van der Waals surface area contributed by atoms with E-state index in [-0.39, 0.29) is 5.91 Å². The number of nitrogens with zero attached hydrogens (tertiary/aromatic N) is 1. The van der Waals surface area contributed by atoms with E-state index >= 15 is 0 Å². The van der Waals surface area contributed by atoms with Crippen LogP contribution in [0.1, 0.15) is 23.8 Å². The molecule has 5 nitrogen and oxygen atoms in total. The first-order valence-electron chi connectivity index (χ1n) is 7.33. The summed E-state index contributed by atoms with van der Waals surface area (Å²) in [6.45, 7) is 4.46. The quantitative estimate of drug-likeness (QED) is 0.734. The fraction of sp³-hybridized carbons (Fsp3) is 0.375. The fourth-order valence-electron chi connectivity index (χ4n) is 1.90. The average Bonchev–Trinajstić information content (AvgIpc) is 3.04. The highest BCUT2D eigenvalue weighted by Gasteiger charge is 2.11. The summed E-state index contributed by atoms with van der Waals surface area (Å²) in [5, 5.41) is 8.72. The minimum Gasteiger partial charge on any atom is -0.497 e. The van der Waals surface area contributed by atoms with Gasteiger partial charge in [-0.05, 0) is 37.2 Å². The van der Waals surface area contributed by atoms with Crippen molar-refractivity contribution in [2.45, 2.75) is 13.3 Å². The van der Waals surface area contributed by atoms with Gasteiger partial charge in [-0.25, -0.2) is 4.98 Å². The molecule has 0 spiro atoms. The van der Waals surface area contributed by atoms with Crippen molar-refractivity contribution in [2.24, 2.45) is 0 Å². The number of amides is 1. The molecule has 0 aliphatic heterocycles. The Morgan fingerprint density at radius 1 is 1.23 bits per heavy atom. The van der Waals surface area contributed by atoms with E-state index in [4.69, 9.17) is 4.74 Å². The Labute approximate surface area is 134 Å². The van der Waals surface area contributed by atoms with Crippen molar-refractivity contribution in [2.75, 3.05) is 26.7 Å². The highest BCUT2D eigenvalue weighted by atomic mass is 32.1. The lowest BCUT2D eigenvalue weighted by Gasteiger charge is -2.04. The molecule has 0 aliphatic carbocycles. The fourth-order valence-corrected chi connectivity index (χ4v) is 2.71. The van der Waals surface area contributed by atoms with Crippen LogP contribution in [0.4, 0.5) is 0 Å². The zero-order chi connectivity index (χ0) is 15.8. The predicted molar refractivity (Wildman–Crippen MR) is 89.6 cm³/mol. The van der Waals surface area contributed by atoms with E-state index in [1.54, 1.807) is 12.5 Å². The molecule has 0 radical (unpaired) electrons. The molecule has 0 bridgehead atoms. The Hall–Kier alpha value is -1.92. The average molecular weight is 319 g/mol. The van der Waals surface area contributed by atoms with Gasteiger partial charge < -0.3 is 15.4 Å². The molecule has 1 amide bonds. The first-order valence-corrected chi connectivity index (χ1v) is 8.21. The Morgan fingerprint density at radius 3 is 2.68 bits per heavy atom. The molecule has 0 unspecified atom stereocenters. The van der Waals surface area contributed by atoms with Gasteiger partial charge in [-0.1, -0.05) is 6.92 Å². The highest BCUT2D eigenvalue weighted by molar-refractivity contribution is 7.13. The van der Waals surface area contributed by atoms with Gasteiger partial charge in [0.05, 0.1) is 7.11 Å². The first kappa shape index (κ1) is 16.5. The van der Waals surface area contributed by atoms with Crippen molar-refractivity contribution in [3.05, 3.63) is 35.3 Å². The summed E-state index contributed by atoms with van der Waals surface area (Å²) in [6.07, 6.45) is 1.09. The molecule has 1 aromatic heterocycles. The summed E-state index contributed by atoms with van der Waals surface area (Å²) >= 11 is 1.46. The predicted octanol–water partition coefficient (Wildman–Crippen LogP) is 2.55. The van der Waals surface area contributed by atoms with Crippen molar-refractivity contribution in [3.63, 3.8) is 0 Å². The Balaban J connectivity index is 1.91. The normalized spacial score (nSPS) is 10.5. The van der Waals surface area contributed by atoms with E-state index in [0.717, 1.165) is 35.8 Å². The van der Waals surface area contributed by atoms with Gasteiger partial charge in [-0.2, -0.15) is 0 Å². The van der Waals surface area contributed by atoms with Crippen molar-refractivity contribution < 1.29 is 9.53 Å². The van der Waals surface area contributed by atoms with Crippen LogP contribution in [0.3, 0.4) is 0 Å². The van der Waals surface area contributed by atoms with Crippen molar-refractivity contribution in [3.8, 4) is 16.3 Å². The number of carbonyl (C=O) groups is 1. The molecule has 0 fully saturated rings. The smallest absolute Gasteiger partial charge is 0.270 e. The van der Waals surface area contributed by atoms with Gasteiger partial charge in [0.25, 0.3) is 5.91 Å². The maximum Gasteiger partial charge on any atom is 0.270 e. The second-order valence-electron chi connectivity index (χ2n) is 4.77. The van der Waals surface area contributed by atoms with Crippen LogP contribution in [0.15, 0.2) is 29.6 Å². The van der Waals surface area contributed by atoms with E-state index in [1.807, 2.05) is 24.3 Å². The molecule has 118 valence electrons. The summed E-state index contributed by atoms with van der Waals surface area (Å²) in [7, 11) is 1.64. The zero-order valence-corrected chi connectivity index (χ0v) is 13.7. The lowest BCUT2D eigenvalue weighted by Crippen LogP contribution is -2.32. The number of hydrogen-bond acceptors (Lipinski definition) is 5. The molecule has 0 aliphatic rings. The van der Waals surface area contributed by atoms with Crippen LogP contribution in [-0.2, 0) is 0 Å². The molecule has 0 saturated carbocycles. The number of aromatic nitrogens is 1. The monoisotopic (exact) mass is 319 g/mol. The van der Waals surface area contributed by atoms with Gasteiger partial charge in [0.2, 0.25) is 0 Å². The summed E-state index contributed by atoms with van der Waals surface area (Å²) in [6, 6.07) is 7.65. The molecule has 0 atom stereocenters. The molecule has 2 N–H and O–H groups in total. The molecule has 2 aromatic rings. The third kappa shape index (κ3) is 4.54. The molecule has 22 heavy (non-hydrogen) atoms. The minimum atomic E-state index is -0.130. The Morgan fingerprint density at radius 2 is 2.00 bits per heavy atom. The summed E-state index contributed by atoms with van der Waals surface area (Å²) in [5.74, 6) is 0.673. The van der Waals surface area contributed by atoms with Crippen LogP contribution < -0.4 is 15.4 Å². The second kappa shape index (κ2) is 8.51. The number of carbonyl (C=O) groups excluding carboxylic acids is 1. The standard InChI is InChI=1S/C16H21N3O2S/c1-3-8-17-9-10-18-15(20)14-11-22-16(19-14)12-4-6-13(21-2)7-5-12/h4-7,11,17H,3,8-10H2,1-2H3,(H,18,20). The molecule has 6 heteroatoms. The number of benzene rings is 1. The number of hydrogen-bond donors (Lipinski definition) is 2. The second-order valence-corrected chi connectivity index (χ2v) is 5.63. The van der Waals surface area contributed by atoms with E-state index in [0.29, 0.717) is 12.2 Å². The van der Waals surface area contributed by atoms with Crippen LogP contribution in [-0.4, -0.2) is 37.6 Å². The van der Waals surface area contributed by atoms with Gasteiger partial charge in [-0.15, -0.1) is 11.3 Å². The van der Waals surface area contributed by atoms with Crippen molar-refractivity contribution in [1.29, 1.82) is 0 Å². The SMILES string of the molecule is CCCNCCNC(=O)c1csc(-c2ccc(OC)cc2)n1. The third-order valence-electron chi connectivity index (χ3n) is 3.09. The zero-order valence-electron chi connectivity index (χ0n) is 12.9. The Kier molecular flexibility index (Phi) is 6.36. The van der Waals surface area contributed by atoms with Gasteiger partial charge in [-0.3, -0.25) is 4.79 Å². The maximum atomic E-state index is 12.0. The molecule has 1 heterocycles. The number of ether oxygens (including phenoxy) is 1. The van der Waals surface area contributed by atoms with Crippen LogP contribution in [0.5, 0.6) is 5.75 Å². The van der Waals surface area contributed by atoms with Crippen LogP contribution in [0.2, 0.25) is 0 Å².